The van der Waals surface area contributed by atoms with Crippen LogP contribution in [0.5, 0.6) is 0 Å². The zero-order valence-electron chi connectivity index (χ0n) is 9.26. The van der Waals surface area contributed by atoms with Crippen molar-refractivity contribution in [3.8, 4) is 0 Å². The topological polar surface area (TPSA) is 66.3 Å². The Kier molecular flexibility index (Phi) is 3.03. The highest BCUT2D eigenvalue weighted by Gasteiger charge is 2.20. The van der Waals surface area contributed by atoms with Crippen molar-refractivity contribution in [2.24, 2.45) is 0 Å². The minimum Gasteiger partial charge on any atom is -0.477 e. The van der Waals surface area contributed by atoms with E-state index in [-0.39, 0.29) is 5.69 Å². The average Bonchev–Trinajstić information content (AvgIpc) is 2.30. The molecule has 5 heteroatoms. The van der Waals surface area contributed by atoms with Gasteiger partial charge < -0.3 is 10.0 Å². The van der Waals surface area contributed by atoms with E-state index in [9.17, 15) is 4.79 Å². The summed E-state index contributed by atoms with van der Waals surface area (Å²) < 4.78 is 0. The van der Waals surface area contributed by atoms with Crippen molar-refractivity contribution in [1.29, 1.82) is 0 Å². The molecule has 5 nitrogen and oxygen atoms in total. The van der Waals surface area contributed by atoms with Crippen LogP contribution >= 0.6 is 0 Å². The molecule has 2 heterocycles. The van der Waals surface area contributed by atoms with Crippen LogP contribution in [0.1, 0.15) is 36.7 Å². The molecule has 0 aliphatic carbocycles. The molecule has 1 unspecified atom stereocenters. The number of hydrogen-bond donors (Lipinski definition) is 1. The Balaban J connectivity index is 2.25. The van der Waals surface area contributed by atoms with E-state index in [1.807, 2.05) is 0 Å². The molecule has 1 fully saturated rings. The molecule has 1 aromatic rings. The summed E-state index contributed by atoms with van der Waals surface area (Å²) in [5, 5.41) is 8.86. The summed E-state index contributed by atoms with van der Waals surface area (Å²) in [4.78, 5) is 20.8. The standard InChI is InChI=1S/C11H15N3O2/c1-8-4-2-3-5-14(8)10-6-9(11(15)16)12-7-13-10/h6-8H,2-5H2,1H3,(H,15,16). The number of anilines is 1. The normalized spacial score (nSPS) is 20.8. The molecule has 1 aliphatic rings. The fraction of sp³-hybridized carbons (Fsp3) is 0.545. The number of carboxylic acid groups (broad SMARTS) is 1. The predicted molar refractivity (Wildman–Crippen MR) is 59.7 cm³/mol. The zero-order valence-corrected chi connectivity index (χ0v) is 9.26. The second-order valence-electron chi connectivity index (χ2n) is 4.10. The molecule has 86 valence electrons. The largest absolute Gasteiger partial charge is 0.477 e. The summed E-state index contributed by atoms with van der Waals surface area (Å²) in [5.41, 5.74) is 0.0581. The van der Waals surface area contributed by atoms with Gasteiger partial charge in [-0.15, -0.1) is 0 Å². The number of nitrogens with zero attached hydrogens (tertiary/aromatic N) is 3. The Morgan fingerprint density at radius 1 is 1.50 bits per heavy atom. The number of rotatable bonds is 2. The Hall–Kier alpha value is -1.65. The van der Waals surface area contributed by atoms with E-state index in [0.29, 0.717) is 6.04 Å². The van der Waals surface area contributed by atoms with Gasteiger partial charge in [0.05, 0.1) is 0 Å². The summed E-state index contributed by atoms with van der Waals surface area (Å²) in [7, 11) is 0. The van der Waals surface area contributed by atoms with Crippen molar-refractivity contribution in [2.75, 3.05) is 11.4 Å². The van der Waals surface area contributed by atoms with E-state index in [4.69, 9.17) is 5.11 Å². The molecule has 0 bridgehead atoms. The van der Waals surface area contributed by atoms with Crippen LogP contribution in [-0.4, -0.2) is 33.6 Å². The monoisotopic (exact) mass is 221 g/mol. The van der Waals surface area contributed by atoms with Crippen LogP contribution in [-0.2, 0) is 0 Å². The minimum atomic E-state index is -1.01. The highest BCUT2D eigenvalue weighted by Crippen LogP contribution is 2.22. The fourth-order valence-electron chi connectivity index (χ4n) is 2.06. The van der Waals surface area contributed by atoms with Gasteiger partial charge in [0.15, 0.2) is 5.69 Å². The third kappa shape index (κ3) is 2.13. The number of carbonyl (C=O) groups is 1. The maximum absolute atomic E-state index is 10.8. The smallest absolute Gasteiger partial charge is 0.354 e. The lowest BCUT2D eigenvalue weighted by atomic mass is 10.0. The maximum Gasteiger partial charge on any atom is 0.354 e. The fourth-order valence-corrected chi connectivity index (χ4v) is 2.06. The Labute approximate surface area is 94.1 Å². The maximum atomic E-state index is 10.8. The van der Waals surface area contributed by atoms with Crippen molar-refractivity contribution in [2.45, 2.75) is 32.2 Å². The van der Waals surface area contributed by atoms with Gasteiger partial charge >= 0.3 is 5.97 Å². The third-order valence-electron chi connectivity index (χ3n) is 2.97. The lowest BCUT2D eigenvalue weighted by Crippen LogP contribution is -2.38. The molecule has 0 radical (unpaired) electrons. The van der Waals surface area contributed by atoms with Crippen LogP contribution in [0.25, 0.3) is 0 Å². The van der Waals surface area contributed by atoms with Crippen LogP contribution < -0.4 is 4.90 Å². The SMILES string of the molecule is CC1CCCCN1c1cc(C(=O)O)ncn1. The van der Waals surface area contributed by atoms with Gasteiger partial charge in [-0.3, -0.25) is 0 Å². The number of aromatic nitrogens is 2. The summed E-state index contributed by atoms with van der Waals surface area (Å²) in [6.45, 7) is 3.08. The lowest BCUT2D eigenvalue weighted by molar-refractivity contribution is 0.0690. The molecular formula is C11H15N3O2. The van der Waals surface area contributed by atoms with Crippen LogP contribution in [0.15, 0.2) is 12.4 Å². The van der Waals surface area contributed by atoms with E-state index in [0.717, 1.165) is 25.2 Å². The van der Waals surface area contributed by atoms with Crippen molar-refractivity contribution >= 4 is 11.8 Å². The van der Waals surface area contributed by atoms with E-state index < -0.39 is 5.97 Å². The summed E-state index contributed by atoms with van der Waals surface area (Å²) in [6, 6.07) is 1.97. The second kappa shape index (κ2) is 4.47. The highest BCUT2D eigenvalue weighted by molar-refractivity contribution is 5.86. The average molecular weight is 221 g/mol. The van der Waals surface area contributed by atoms with Gasteiger partial charge in [-0.25, -0.2) is 14.8 Å². The van der Waals surface area contributed by atoms with Crippen molar-refractivity contribution in [1.82, 2.24) is 9.97 Å². The van der Waals surface area contributed by atoms with Crippen molar-refractivity contribution in [3.05, 3.63) is 18.1 Å². The number of aromatic carboxylic acids is 1. The molecule has 0 amide bonds. The molecule has 1 atom stereocenters. The van der Waals surface area contributed by atoms with Gasteiger partial charge in [-0.05, 0) is 26.2 Å². The first-order chi connectivity index (χ1) is 7.68. The first kappa shape index (κ1) is 10.9. The van der Waals surface area contributed by atoms with Crippen LogP contribution in [0.4, 0.5) is 5.82 Å². The molecule has 1 saturated heterocycles. The van der Waals surface area contributed by atoms with Gasteiger partial charge in [0.2, 0.25) is 0 Å². The minimum absolute atomic E-state index is 0.0581. The lowest BCUT2D eigenvalue weighted by Gasteiger charge is -2.34. The second-order valence-corrected chi connectivity index (χ2v) is 4.10. The summed E-state index contributed by atoms with van der Waals surface area (Å²) in [5.74, 6) is -0.284. The first-order valence-corrected chi connectivity index (χ1v) is 5.50. The van der Waals surface area contributed by atoms with Gasteiger partial charge in [-0.1, -0.05) is 0 Å². The quantitative estimate of drug-likeness (QED) is 0.820. The molecule has 1 aromatic heterocycles. The van der Waals surface area contributed by atoms with E-state index in [1.165, 1.54) is 12.7 Å². The summed E-state index contributed by atoms with van der Waals surface area (Å²) in [6.07, 6.45) is 4.82. The highest BCUT2D eigenvalue weighted by atomic mass is 16.4. The number of hydrogen-bond acceptors (Lipinski definition) is 4. The molecule has 0 saturated carbocycles. The molecule has 2 rings (SSSR count). The van der Waals surface area contributed by atoms with Crippen molar-refractivity contribution in [3.63, 3.8) is 0 Å². The number of carboxylic acids is 1. The number of piperidine rings is 1. The molecule has 1 aliphatic heterocycles. The van der Waals surface area contributed by atoms with Gasteiger partial charge in [-0.2, -0.15) is 0 Å². The van der Waals surface area contributed by atoms with Crippen LogP contribution in [0, 0.1) is 0 Å². The molecule has 0 aromatic carbocycles. The Morgan fingerprint density at radius 2 is 2.31 bits per heavy atom. The van der Waals surface area contributed by atoms with Crippen LogP contribution in [0.3, 0.4) is 0 Å². The Bertz CT molecular complexity index is 395. The molecule has 1 N–H and O–H groups in total. The van der Waals surface area contributed by atoms with Crippen LogP contribution in [0.2, 0.25) is 0 Å². The molecular weight excluding hydrogens is 206 g/mol. The third-order valence-corrected chi connectivity index (χ3v) is 2.97. The predicted octanol–water partition coefficient (Wildman–Crippen LogP) is 1.55. The van der Waals surface area contributed by atoms with Gasteiger partial charge in [0.25, 0.3) is 0 Å². The molecule has 16 heavy (non-hydrogen) atoms. The Morgan fingerprint density at radius 3 is 3.00 bits per heavy atom. The molecule has 0 spiro atoms. The zero-order chi connectivity index (χ0) is 11.5. The van der Waals surface area contributed by atoms with Crippen molar-refractivity contribution < 1.29 is 9.90 Å². The summed E-state index contributed by atoms with van der Waals surface area (Å²) >= 11 is 0. The van der Waals surface area contributed by atoms with E-state index in [2.05, 4.69) is 21.8 Å². The van der Waals surface area contributed by atoms with Gasteiger partial charge in [0, 0.05) is 18.7 Å². The van der Waals surface area contributed by atoms with E-state index >= 15 is 0 Å². The first-order valence-electron chi connectivity index (χ1n) is 5.50. The van der Waals surface area contributed by atoms with Gasteiger partial charge in [0.1, 0.15) is 12.1 Å². The van der Waals surface area contributed by atoms with E-state index in [1.54, 1.807) is 6.07 Å².